The van der Waals surface area contributed by atoms with Gasteiger partial charge in [-0.2, -0.15) is 0 Å². The van der Waals surface area contributed by atoms with Crippen LogP contribution in [0.1, 0.15) is 12.8 Å². The Kier molecular flexibility index (Phi) is 4.96. The van der Waals surface area contributed by atoms with Crippen molar-refractivity contribution in [1.29, 1.82) is 0 Å². The van der Waals surface area contributed by atoms with Gasteiger partial charge in [0.1, 0.15) is 4.90 Å². The molecule has 0 atom stereocenters. The number of carbonyl (C=O) groups is 1. The minimum Gasteiger partial charge on any atom is -0.352 e. The molecule has 0 aromatic heterocycles. The molecule has 1 aliphatic carbocycles. The minimum atomic E-state index is -3.94. The molecule has 0 unspecified atom stereocenters. The van der Waals surface area contributed by atoms with Crippen LogP contribution in [0.15, 0.2) is 21.5 Å². The third-order valence-electron chi connectivity index (χ3n) is 2.60. The fraction of sp³-hybridized carbons (Fsp3) is 0.364. The van der Waals surface area contributed by atoms with Crippen LogP contribution in [-0.4, -0.2) is 26.9 Å². The van der Waals surface area contributed by atoms with Crippen LogP contribution < -0.4 is 10.0 Å². The molecule has 2 rings (SSSR count). The first kappa shape index (κ1) is 16.0. The molecule has 0 aliphatic heterocycles. The second-order valence-electron chi connectivity index (χ2n) is 4.36. The van der Waals surface area contributed by atoms with Gasteiger partial charge in [0.25, 0.3) is 0 Å². The smallest absolute Gasteiger partial charge is 0.244 e. The van der Waals surface area contributed by atoms with Crippen molar-refractivity contribution in [3.8, 4) is 0 Å². The second kappa shape index (κ2) is 6.19. The topological polar surface area (TPSA) is 75.3 Å². The lowest BCUT2D eigenvalue weighted by molar-refractivity contribution is -0.120. The van der Waals surface area contributed by atoms with E-state index in [-0.39, 0.29) is 33.4 Å². The van der Waals surface area contributed by atoms with Crippen LogP contribution in [0.2, 0.25) is 10.0 Å². The number of nitrogens with one attached hydrogen (secondary N) is 2. The average molecular weight is 402 g/mol. The van der Waals surface area contributed by atoms with Gasteiger partial charge in [0, 0.05) is 10.5 Å². The summed E-state index contributed by atoms with van der Waals surface area (Å²) in [5.41, 5.74) is 0. The van der Waals surface area contributed by atoms with E-state index in [9.17, 15) is 13.2 Å². The Morgan fingerprint density at radius 2 is 1.85 bits per heavy atom. The Balaban J connectivity index is 2.11. The largest absolute Gasteiger partial charge is 0.352 e. The van der Waals surface area contributed by atoms with E-state index >= 15 is 0 Å². The van der Waals surface area contributed by atoms with Gasteiger partial charge in [0.2, 0.25) is 15.9 Å². The maximum atomic E-state index is 12.1. The summed E-state index contributed by atoms with van der Waals surface area (Å²) < 4.78 is 27.0. The summed E-state index contributed by atoms with van der Waals surface area (Å²) in [4.78, 5) is 11.3. The van der Waals surface area contributed by atoms with Crippen LogP contribution in [0.3, 0.4) is 0 Å². The summed E-state index contributed by atoms with van der Waals surface area (Å²) in [7, 11) is -3.94. The molecule has 0 bridgehead atoms. The molecule has 5 nitrogen and oxygen atoms in total. The molecule has 1 aromatic carbocycles. The van der Waals surface area contributed by atoms with E-state index in [1.807, 2.05) is 0 Å². The van der Waals surface area contributed by atoms with Crippen molar-refractivity contribution in [2.24, 2.45) is 0 Å². The molecule has 0 spiro atoms. The minimum absolute atomic E-state index is 0.0144. The van der Waals surface area contributed by atoms with Gasteiger partial charge in [-0.1, -0.05) is 39.1 Å². The van der Waals surface area contributed by atoms with E-state index in [0.29, 0.717) is 4.47 Å². The van der Waals surface area contributed by atoms with E-state index in [0.717, 1.165) is 12.8 Å². The molecule has 1 fully saturated rings. The normalized spacial score (nSPS) is 15.2. The van der Waals surface area contributed by atoms with Crippen LogP contribution in [0.25, 0.3) is 0 Å². The molecule has 1 aromatic rings. The number of hydrogen-bond acceptors (Lipinski definition) is 3. The monoisotopic (exact) mass is 400 g/mol. The Morgan fingerprint density at radius 3 is 2.35 bits per heavy atom. The first-order valence-electron chi connectivity index (χ1n) is 5.73. The van der Waals surface area contributed by atoms with Gasteiger partial charge < -0.3 is 5.32 Å². The number of hydrogen-bond donors (Lipinski definition) is 2. The van der Waals surface area contributed by atoms with E-state index < -0.39 is 10.0 Å². The number of sulfonamides is 1. The highest BCUT2D eigenvalue weighted by Crippen LogP contribution is 2.32. The fourth-order valence-electron chi connectivity index (χ4n) is 1.52. The third kappa shape index (κ3) is 4.08. The molecular weight excluding hydrogens is 391 g/mol. The standard InChI is InChI=1S/C11H11BrCl2N2O3S/c12-6-3-8(13)11(9(14)4-6)20(18,19)15-5-10(17)16-7-1-2-7/h3-4,7,15H,1-2,5H2,(H,16,17). The van der Waals surface area contributed by atoms with Crippen molar-refractivity contribution in [2.45, 2.75) is 23.8 Å². The van der Waals surface area contributed by atoms with E-state index in [1.165, 1.54) is 12.1 Å². The van der Waals surface area contributed by atoms with Crippen molar-refractivity contribution in [2.75, 3.05) is 6.54 Å². The number of carbonyl (C=O) groups excluding carboxylic acids is 1. The van der Waals surface area contributed by atoms with Crippen molar-refractivity contribution in [3.05, 3.63) is 26.7 Å². The van der Waals surface area contributed by atoms with Gasteiger partial charge in [0.15, 0.2) is 0 Å². The maximum Gasteiger partial charge on any atom is 0.244 e. The summed E-state index contributed by atoms with van der Waals surface area (Å²) in [5, 5.41) is 2.65. The summed E-state index contributed by atoms with van der Waals surface area (Å²) >= 11 is 15.0. The number of halogens is 3. The van der Waals surface area contributed by atoms with E-state index in [4.69, 9.17) is 23.2 Å². The van der Waals surface area contributed by atoms with Gasteiger partial charge in [-0.15, -0.1) is 0 Å². The lowest BCUT2D eigenvalue weighted by atomic mass is 10.4. The summed E-state index contributed by atoms with van der Waals surface area (Å²) in [6.45, 7) is -0.346. The Hall–Kier alpha value is -0.340. The van der Waals surface area contributed by atoms with Crippen LogP contribution in [0.4, 0.5) is 0 Å². The predicted octanol–water partition coefficient (Wildman–Crippen LogP) is 2.31. The highest BCUT2D eigenvalue weighted by molar-refractivity contribution is 9.10. The van der Waals surface area contributed by atoms with Crippen LogP contribution in [0.5, 0.6) is 0 Å². The van der Waals surface area contributed by atoms with E-state index in [1.54, 1.807) is 0 Å². The number of benzene rings is 1. The lowest BCUT2D eigenvalue weighted by Gasteiger charge is -2.10. The first-order valence-corrected chi connectivity index (χ1v) is 8.76. The van der Waals surface area contributed by atoms with Crippen molar-refractivity contribution in [3.63, 3.8) is 0 Å². The third-order valence-corrected chi connectivity index (χ3v) is 5.38. The SMILES string of the molecule is O=C(CNS(=O)(=O)c1c(Cl)cc(Br)cc1Cl)NC1CC1. The predicted molar refractivity (Wildman–Crippen MR) is 80.5 cm³/mol. The summed E-state index contributed by atoms with van der Waals surface area (Å²) in [6.07, 6.45) is 1.87. The Labute approximate surface area is 135 Å². The average Bonchev–Trinajstić information content (AvgIpc) is 3.08. The lowest BCUT2D eigenvalue weighted by Crippen LogP contribution is -2.38. The van der Waals surface area contributed by atoms with Crippen LogP contribution >= 0.6 is 39.1 Å². The molecule has 0 heterocycles. The quantitative estimate of drug-likeness (QED) is 0.794. The zero-order chi connectivity index (χ0) is 14.9. The fourth-order valence-corrected chi connectivity index (χ4v) is 4.44. The first-order chi connectivity index (χ1) is 9.29. The van der Waals surface area contributed by atoms with Crippen molar-refractivity contribution >= 4 is 55.1 Å². The highest BCUT2D eigenvalue weighted by Gasteiger charge is 2.26. The molecule has 1 saturated carbocycles. The Morgan fingerprint density at radius 1 is 1.30 bits per heavy atom. The second-order valence-corrected chi connectivity index (χ2v) is 7.80. The van der Waals surface area contributed by atoms with Crippen molar-refractivity contribution in [1.82, 2.24) is 10.0 Å². The van der Waals surface area contributed by atoms with Gasteiger partial charge >= 0.3 is 0 Å². The van der Waals surface area contributed by atoms with Gasteiger partial charge in [-0.3, -0.25) is 4.79 Å². The molecule has 1 aliphatic rings. The molecule has 0 radical (unpaired) electrons. The molecule has 9 heteroatoms. The maximum absolute atomic E-state index is 12.1. The van der Waals surface area contributed by atoms with E-state index in [2.05, 4.69) is 26.0 Å². The van der Waals surface area contributed by atoms with Gasteiger partial charge in [0.05, 0.1) is 16.6 Å². The molecule has 0 saturated heterocycles. The zero-order valence-electron chi connectivity index (χ0n) is 10.1. The van der Waals surface area contributed by atoms with Crippen molar-refractivity contribution < 1.29 is 13.2 Å². The molecule has 2 N–H and O–H groups in total. The van der Waals surface area contributed by atoms with Crippen LogP contribution in [0, 0.1) is 0 Å². The zero-order valence-corrected chi connectivity index (χ0v) is 14.0. The van der Waals surface area contributed by atoms with Gasteiger partial charge in [-0.25, -0.2) is 13.1 Å². The highest BCUT2D eigenvalue weighted by atomic mass is 79.9. The molecule has 110 valence electrons. The number of amides is 1. The number of rotatable bonds is 5. The van der Waals surface area contributed by atoms with Gasteiger partial charge in [-0.05, 0) is 25.0 Å². The summed E-state index contributed by atoms with van der Waals surface area (Å²) in [6, 6.07) is 3.02. The Bertz CT molecular complexity index is 624. The molecular formula is C11H11BrCl2N2O3S. The molecule has 20 heavy (non-hydrogen) atoms. The summed E-state index contributed by atoms with van der Waals surface area (Å²) in [5.74, 6) is -0.375. The molecule has 1 amide bonds. The van der Waals surface area contributed by atoms with Crippen LogP contribution in [-0.2, 0) is 14.8 Å².